The van der Waals surface area contributed by atoms with E-state index in [4.69, 9.17) is 22.1 Å². The Morgan fingerprint density at radius 2 is 2.00 bits per heavy atom. The van der Waals surface area contributed by atoms with E-state index in [1.165, 1.54) is 6.07 Å². The van der Waals surface area contributed by atoms with Gasteiger partial charge in [0.1, 0.15) is 0 Å². The summed E-state index contributed by atoms with van der Waals surface area (Å²) >= 11 is 5.84. The van der Waals surface area contributed by atoms with Crippen LogP contribution in [0.3, 0.4) is 0 Å². The van der Waals surface area contributed by atoms with Crippen LogP contribution < -0.4 is 10.5 Å². The molecule has 0 saturated carbocycles. The van der Waals surface area contributed by atoms with E-state index in [2.05, 4.69) is 4.74 Å². The van der Waals surface area contributed by atoms with Crippen molar-refractivity contribution in [3.05, 3.63) is 28.5 Å². The van der Waals surface area contributed by atoms with Crippen LogP contribution in [0.25, 0.3) is 0 Å². The Labute approximate surface area is 133 Å². The maximum atomic E-state index is 13.8. The molecule has 4 nitrogen and oxygen atoms in total. The molecular formula is C13H17Cl2F2NO3. The van der Waals surface area contributed by atoms with Crippen LogP contribution in [0.2, 0.25) is 5.02 Å². The van der Waals surface area contributed by atoms with Crippen LogP contribution >= 0.6 is 24.0 Å². The Bertz CT molecular complexity index is 465. The fourth-order valence-electron chi connectivity index (χ4n) is 1.59. The topological polar surface area (TPSA) is 61.5 Å². The van der Waals surface area contributed by atoms with Crippen LogP contribution in [0.1, 0.15) is 25.5 Å². The lowest BCUT2D eigenvalue weighted by Crippen LogP contribution is -2.31. The number of carbonyl (C=O) groups excluding carboxylic acids is 1. The summed E-state index contributed by atoms with van der Waals surface area (Å²) in [5.41, 5.74) is 5.64. The normalized spacial score (nSPS) is 13.0. The number of nitrogens with two attached hydrogens (primary N) is 1. The predicted molar refractivity (Wildman–Crippen MR) is 78.3 cm³/mol. The van der Waals surface area contributed by atoms with Gasteiger partial charge < -0.3 is 15.2 Å². The van der Waals surface area contributed by atoms with E-state index in [9.17, 15) is 13.6 Å². The fraction of sp³-hybridized carbons (Fsp3) is 0.462. The second kappa shape index (κ2) is 9.02. The van der Waals surface area contributed by atoms with E-state index in [1.54, 1.807) is 13.8 Å². The second-order valence-corrected chi connectivity index (χ2v) is 4.33. The summed E-state index contributed by atoms with van der Waals surface area (Å²) in [5.74, 6) is -1.98. The molecule has 0 saturated heterocycles. The van der Waals surface area contributed by atoms with Gasteiger partial charge >= 0.3 is 5.97 Å². The van der Waals surface area contributed by atoms with E-state index < -0.39 is 24.0 Å². The first kappa shape index (κ1) is 19.9. The summed E-state index contributed by atoms with van der Waals surface area (Å²) in [6, 6.07) is 0.899. The average Bonchev–Trinajstić information content (AvgIpc) is 2.41. The van der Waals surface area contributed by atoms with Crippen molar-refractivity contribution in [1.82, 2.24) is 0 Å². The first-order valence-electron chi connectivity index (χ1n) is 6.10. The van der Waals surface area contributed by atoms with Gasteiger partial charge in [-0.2, -0.15) is 0 Å². The van der Waals surface area contributed by atoms with Gasteiger partial charge in [-0.15, -0.1) is 12.4 Å². The number of carbonyl (C=O) groups is 1. The van der Waals surface area contributed by atoms with Crippen LogP contribution in [0, 0.1) is 5.82 Å². The number of hydrogen-bond donors (Lipinski definition) is 1. The Kier molecular flexibility index (Phi) is 8.54. The van der Waals surface area contributed by atoms with Crippen molar-refractivity contribution in [2.24, 2.45) is 5.73 Å². The quantitative estimate of drug-likeness (QED) is 0.805. The number of halogens is 4. The van der Waals surface area contributed by atoms with Crippen molar-refractivity contribution in [3.63, 3.8) is 0 Å². The molecule has 2 N–H and O–H groups in total. The van der Waals surface area contributed by atoms with Crippen molar-refractivity contribution in [3.8, 4) is 5.75 Å². The smallest absolute Gasteiger partial charge is 0.342 e. The lowest BCUT2D eigenvalue weighted by atomic mass is 10.0. The van der Waals surface area contributed by atoms with Crippen LogP contribution in [0.5, 0.6) is 5.75 Å². The zero-order chi connectivity index (χ0) is 15.3. The number of hydrogen-bond acceptors (Lipinski definition) is 4. The first-order valence-corrected chi connectivity index (χ1v) is 6.48. The zero-order valence-corrected chi connectivity index (χ0v) is 13.1. The maximum absolute atomic E-state index is 13.8. The Morgan fingerprint density at radius 3 is 2.48 bits per heavy atom. The van der Waals surface area contributed by atoms with Crippen LogP contribution in [0.15, 0.2) is 12.1 Å². The van der Waals surface area contributed by atoms with Gasteiger partial charge in [0.15, 0.2) is 11.6 Å². The molecule has 0 amide bonds. The molecule has 1 unspecified atom stereocenters. The molecule has 0 aliphatic rings. The molecule has 0 bridgehead atoms. The third-order valence-corrected chi connectivity index (χ3v) is 2.80. The number of rotatable bonds is 6. The molecule has 0 heterocycles. The number of alkyl halides is 1. The molecule has 1 rings (SSSR count). The highest BCUT2D eigenvalue weighted by atomic mass is 35.5. The Hall–Kier alpha value is -1.11. The van der Waals surface area contributed by atoms with E-state index in [1.807, 2.05) is 0 Å². The maximum Gasteiger partial charge on any atom is 0.342 e. The molecule has 2 atom stereocenters. The molecule has 0 spiro atoms. The molecule has 8 heteroatoms. The van der Waals surface area contributed by atoms with Gasteiger partial charge in [0, 0.05) is 0 Å². The van der Waals surface area contributed by atoms with Gasteiger partial charge in [0.25, 0.3) is 0 Å². The summed E-state index contributed by atoms with van der Waals surface area (Å²) in [6.07, 6.45) is -2.09. The third-order valence-electron chi connectivity index (χ3n) is 2.52. The van der Waals surface area contributed by atoms with Gasteiger partial charge in [-0.25, -0.2) is 13.6 Å². The Morgan fingerprint density at radius 1 is 1.38 bits per heavy atom. The predicted octanol–water partition coefficient (Wildman–Crippen LogP) is 3.20. The summed E-state index contributed by atoms with van der Waals surface area (Å²) in [7, 11) is 0. The molecule has 1 aromatic rings. The molecule has 1 aromatic carbocycles. The second-order valence-electron chi connectivity index (χ2n) is 3.93. The Balaban J connectivity index is 0.00000400. The van der Waals surface area contributed by atoms with Crippen molar-refractivity contribution in [2.75, 3.05) is 13.2 Å². The molecular weight excluding hydrogens is 327 g/mol. The highest BCUT2D eigenvalue weighted by Gasteiger charge is 2.29. The largest absolute Gasteiger partial charge is 0.489 e. The van der Waals surface area contributed by atoms with E-state index in [0.29, 0.717) is 0 Å². The summed E-state index contributed by atoms with van der Waals surface area (Å²) in [4.78, 5) is 11.3. The molecule has 0 fully saturated rings. The minimum atomic E-state index is -2.09. The summed E-state index contributed by atoms with van der Waals surface area (Å²) in [6.45, 7) is 3.48. The molecule has 0 aromatic heterocycles. The highest BCUT2D eigenvalue weighted by molar-refractivity contribution is 6.32. The zero-order valence-electron chi connectivity index (χ0n) is 11.6. The van der Waals surface area contributed by atoms with Crippen LogP contribution in [-0.2, 0) is 9.53 Å². The van der Waals surface area contributed by atoms with Crippen molar-refractivity contribution < 1.29 is 23.0 Å². The minimum absolute atomic E-state index is 0. The van der Waals surface area contributed by atoms with Gasteiger partial charge in [-0.05, 0) is 31.5 Å². The number of benzene rings is 1. The molecule has 21 heavy (non-hydrogen) atoms. The SMILES string of the molecule is CCOC(=O)C(F)[C@H](N)c1cc(F)c(OCC)c(Cl)c1.Cl. The van der Waals surface area contributed by atoms with Gasteiger partial charge in [-0.3, -0.25) is 0 Å². The average molecular weight is 344 g/mol. The fourth-order valence-corrected chi connectivity index (χ4v) is 1.86. The molecule has 120 valence electrons. The summed E-state index contributed by atoms with van der Waals surface area (Å²) in [5, 5.41) is -0.0339. The summed E-state index contributed by atoms with van der Waals surface area (Å²) < 4.78 is 37.1. The van der Waals surface area contributed by atoms with Gasteiger partial charge in [0.05, 0.1) is 24.3 Å². The number of ether oxygens (including phenoxy) is 2. The van der Waals surface area contributed by atoms with Gasteiger partial charge in [-0.1, -0.05) is 11.6 Å². The van der Waals surface area contributed by atoms with Crippen LogP contribution in [0.4, 0.5) is 8.78 Å². The van der Waals surface area contributed by atoms with Crippen molar-refractivity contribution >= 4 is 30.0 Å². The monoisotopic (exact) mass is 343 g/mol. The molecule has 0 radical (unpaired) electrons. The lowest BCUT2D eigenvalue weighted by Gasteiger charge is -2.17. The molecule has 0 aliphatic carbocycles. The third kappa shape index (κ3) is 4.98. The lowest BCUT2D eigenvalue weighted by molar-refractivity contribution is -0.149. The van der Waals surface area contributed by atoms with Crippen molar-refractivity contribution in [2.45, 2.75) is 26.1 Å². The van der Waals surface area contributed by atoms with Crippen LogP contribution in [-0.4, -0.2) is 25.4 Å². The van der Waals surface area contributed by atoms with E-state index in [-0.39, 0.29) is 42.0 Å². The van der Waals surface area contributed by atoms with E-state index >= 15 is 0 Å². The van der Waals surface area contributed by atoms with Crippen molar-refractivity contribution in [1.29, 1.82) is 0 Å². The standard InChI is InChI=1S/C13H16ClF2NO3.ClH/c1-3-19-12-8(14)5-7(6-9(12)15)11(17)10(16)13(18)20-4-2;/h5-6,10-11H,3-4,17H2,1-2H3;1H/t10?,11-;/m1./s1. The van der Waals surface area contributed by atoms with E-state index in [0.717, 1.165) is 6.07 Å². The number of esters is 1. The minimum Gasteiger partial charge on any atom is -0.489 e. The highest BCUT2D eigenvalue weighted by Crippen LogP contribution is 2.32. The van der Waals surface area contributed by atoms with Gasteiger partial charge in [0.2, 0.25) is 6.17 Å². The first-order chi connectivity index (χ1) is 9.42. The molecule has 0 aliphatic heterocycles.